The molecule has 35 heavy (non-hydrogen) atoms. The molecule has 2 heterocycles. The van der Waals surface area contributed by atoms with Gasteiger partial charge in [0.15, 0.2) is 0 Å². The Balaban J connectivity index is 1.92. The number of carbonyl (C=O) groups is 3. The zero-order chi connectivity index (χ0) is 25.8. The van der Waals surface area contributed by atoms with Gasteiger partial charge >= 0.3 is 5.97 Å². The summed E-state index contributed by atoms with van der Waals surface area (Å²) in [5, 5.41) is 35.1. The Morgan fingerprint density at radius 2 is 1.83 bits per heavy atom. The summed E-state index contributed by atoms with van der Waals surface area (Å²) in [7, 11) is 0. The number of carboxylic acids is 1. The van der Waals surface area contributed by atoms with Crippen molar-refractivity contribution in [2.24, 2.45) is 17.8 Å². The summed E-state index contributed by atoms with van der Waals surface area (Å²) in [6.45, 7) is 6.94. The number of phenolic OH excluding ortho intramolecular Hbond substituents is 1. The maximum atomic E-state index is 13.8. The third kappa shape index (κ3) is 3.47. The van der Waals surface area contributed by atoms with Crippen molar-refractivity contribution in [2.75, 3.05) is 4.90 Å². The molecule has 2 aromatic rings. The van der Waals surface area contributed by atoms with E-state index < -0.39 is 52.0 Å². The minimum atomic E-state index is -1.73. The number of aromatic hydroxyl groups is 1. The Morgan fingerprint density at radius 3 is 2.37 bits per heavy atom. The van der Waals surface area contributed by atoms with Crippen molar-refractivity contribution in [2.45, 2.75) is 45.7 Å². The van der Waals surface area contributed by atoms with Gasteiger partial charge < -0.3 is 10.2 Å². The van der Waals surface area contributed by atoms with Gasteiger partial charge in [0.05, 0.1) is 22.4 Å². The summed E-state index contributed by atoms with van der Waals surface area (Å²) >= 11 is 0. The zero-order valence-corrected chi connectivity index (χ0v) is 19.8. The number of anilines is 1. The summed E-state index contributed by atoms with van der Waals surface area (Å²) in [6.07, 6.45) is 0.432. The van der Waals surface area contributed by atoms with E-state index >= 15 is 0 Å². The number of hydrogen-bond donors (Lipinski definition) is 3. The molecular formula is C25H27N3O7. The standard InChI is InChI=1S/C25H27N3O7/c1-5-14(4)25(24(32)33)19-18(20(26-25)15-9-12(2)21(29)13(3)10-15)22(30)27(23(19)31)16-7-6-8-17(11-16)28(34)35/h6-11,14,18-20,26,29H,5H2,1-4H3,(H,32,33). The van der Waals surface area contributed by atoms with Crippen LogP contribution in [0.4, 0.5) is 11.4 Å². The quantitative estimate of drug-likeness (QED) is 0.323. The van der Waals surface area contributed by atoms with E-state index in [1.165, 1.54) is 18.2 Å². The Kier molecular flexibility index (Phi) is 5.88. The highest BCUT2D eigenvalue weighted by Crippen LogP contribution is 2.53. The first-order valence-corrected chi connectivity index (χ1v) is 11.4. The fraction of sp³-hybridized carbons (Fsp3) is 0.400. The minimum Gasteiger partial charge on any atom is -0.507 e. The predicted molar refractivity (Wildman–Crippen MR) is 126 cm³/mol. The molecule has 5 atom stereocenters. The molecule has 3 N–H and O–H groups in total. The number of non-ortho nitro benzene ring substituents is 1. The Bertz CT molecular complexity index is 1240. The van der Waals surface area contributed by atoms with E-state index in [0.29, 0.717) is 23.1 Å². The van der Waals surface area contributed by atoms with E-state index in [1.54, 1.807) is 32.9 Å². The number of hydrogen-bond acceptors (Lipinski definition) is 7. The highest BCUT2D eigenvalue weighted by molar-refractivity contribution is 6.24. The van der Waals surface area contributed by atoms with Crippen LogP contribution in [0.2, 0.25) is 0 Å². The number of fused-ring (bicyclic) bond motifs is 1. The lowest BCUT2D eigenvalue weighted by Crippen LogP contribution is -2.59. The van der Waals surface area contributed by atoms with Gasteiger partial charge in [0.25, 0.3) is 5.69 Å². The molecule has 10 nitrogen and oxygen atoms in total. The maximum absolute atomic E-state index is 13.8. The summed E-state index contributed by atoms with van der Waals surface area (Å²) in [5.41, 5.74) is -0.286. The monoisotopic (exact) mass is 481 g/mol. The van der Waals surface area contributed by atoms with Gasteiger partial charge in [-0.1, -0.05) is 38.5 Å². The molecule has 2 saturated heterocycles. The van der Waals surface area contributed by atoms with Crippen molar-refractivity contribution in [3.8, 4) is 5.75 Å². The smallest absolute Gasteiger partial charge is 0.325 e. The van der Waals surface area contributed by atoms with E-state index in [-0.39, 0.29) is 17.1 Å². The Labute approximate surface area is 201 Å². The zero-order valence-electron chi connectivity index (χ0n) is 19.8. The molecule has 0 saturated carbocycles. The van der Waals surface area contributed by atoms with Crippen LogP contribution in [0.25, 0.3) is 0 Å². The van der Waals surface area contributed by atoms with E-state index in [4.69, 9.17) is 0 Å². The van der Waals surface area contributed by atoms with Gasteiger partial charge in [-0.2, -0.15) is 0 Å². The fourth-order valence-electron chi connectivity index (χ4n) is 5.58. The van der Waals surface area contributed by atoms with Gasteiger partial charge in [-0.05, 0) is 42.5 Å². The van der Waals surface area contributed by atoms with Crippen LogP contribution in [-0.4, -0.2) is 38.5 Å². The maximum Gasteiger partial charge on any atom is 0.325 e. The summed E-state index contributed by atoms with van der Waals surface area (Å²) in [4.78, 5) is 51.9. The van der Waals surface area contributed by atoms with Crippen LogP contribution in [0.15, 0.2) is 36.4 Å². The Hall–Kier alpha value is -3.79. The molecule has 0 aromatic heterocycles. The number of nitro benzene ring substituents is 1. The first-order valence-electron chi connectivity index (χ1n) is 11.4. The van der Waals surface area contributed by atoms with Crippen LogP contribution >= 0.6 is 0 Å². The van der Waals surface area contributed by atoms with Gasteiger partial charge in [-0.15, -0.1) is 0 Å². The van der Waals surface area contributed by atoms with Crippen molar-refractivity contribution in [3.63, 3.8) is 0 Å². The highest BCUT2D eigenvalue weighted by Gasteiger charge is 2.70. The number of carboxylic acid groups (broad SMARTS) is 1. The average Bonchev–Trinajstić information content (AvgIpc) is 3.31. The number of benzene rings is 2. The SMILES string of the molecule is CCC(C)C1(C(=O)O)NC(c2cc(C)c(O)c(C)c2)C2C(=O)N(c3cccc([N+](=O)[O-])c3)C(=O)C21. The molecule has 2 fully saturated rings. The number of phenols is 1. The van der Waals surface area contributed by atoms with Crippen molar-refractivity contribution >= 4 is 29.2 Å². The predicted octanol–water partition coefficient (Wildman–Crippen LogP) is 3.24. The van der Waals surface area contributed by atoms with Gasteiger partial charge in [-0.25, -0.2) is 4.90 Å². The molecule has 5 unspecified atom stereocenters. The largest absolute Gasteiger partial charge is 0.507 e. The lowest BCUT2D eigenvalue weighted by atomic mass is 9.72. The third-order valence-corrected chi connectivity index (χ3v) is 7.51. The van der Waals surface area contributed by atoms with E-state index in [1.807, 2.05) is 6.92 Å². The molecule has 0 bridgehead atoms. The second kappa shape index (κ2) is 8.46. The van der Waals surface area contributed by atoms with E-state index in [9.17, 15) is 34.7 Å². The molecule has 184 valence electrons. The normalized spacial score (nSPS) is 26.6. The van der Waals surface area contributed by atoms with E-state index in [0.717, 1.165) is 11.0 Å². The van der Waals surface area contributed by atoms with Crippen LogP contribution < -0.4 is 10.2 Å². The number of aryl methyl sites for hydroxylation is 2. The Morgan fingerprint density at radius 1 is 1.20 bits per heavy atom. The number of rotatable bonds is 6. The fourth-order valence-corrected chi connectivity index (χ4v) is 5.58. The molecule has 2 aromatic carbocycles. The van der Waals surface area contributed by atoms with Crippen LogP contribution in [-0.2, 0) is 14.4 Å². The molecule has 2 amide bonds. The van der Waals surface area contributed by atoms with Gasteiger partial charge in [0.2, 0.25) is 11.8 Å². The van der Waals surface area contributed by atoms with Crippen molar-refractivity contribution in [1.82, 2.24) is 5.32 Å². The minimum absolute atomic E-state index is 0.0313. The third-order valence-electron chi connectivity index (χ3n) is 7.51. The average molecular weight is 482 g/mol. The summed E-state index contributed by atoms with van der Waals surface area (Å²) in [6, 6.07) is 7.74. The van der Waals surface area contributed by atoms with Crippen LogP contribution in [0.1, 0.15) is 43.0 Å². The second-order valence-electron chi connectivity index (χ2n) is 9.40. The lowest BCUT2D eigenvalue weighted by Gasteiger charge is -2.36. The molecule has 0 radical (unpaired) electrons. The molecule has 4 rings (SSSR count). The number of aliphatic carboxylic acids is 1. The van der Waals surface area contributed by atoms with Gasteiger partial charge in [0.1, 0.15) is 11.3 Å². The van der Waals surface area contributed by atoms with Gasteiger partial charge in [0, 0.05) is 18.2 Å². The summed E-state index contributed by atoms with van der Waals surface area (Å²) in [5.74, 6) is -5.24. The molecular weight excluding hydrogens is 454 g/mol. The van der Waals surface area contributed by atoms with Crippen LogP contribution in [0, 0.1) is 41.7 Å². The number of imide groups is 1. The molecule has 0 aliphatic carbocycles. The molecule has 0 spiro atoms. The number of amides is 2. The van der Waals surface area contributed by atoms with Crippen molar-refractivity contribution in [1.29, 1.82) is 0 Å². The molecule has 2 aliphatic rings. The van der Waals surface area contributed by atoms with Gasteiger partial charge in [-0.3, -0.25) is 29.8 Å². The van der Waals surface area contributed by atoms with Crippen molar-refractivity contribution in [3.05, 3.63) is 63.2 Å². The van der Waals surface area contributed by atoms with Crippen LogP contribution in [0.5, 0.6) is 5.75 Å². The topological polar surface area (TPSA) is 150 Å². The molecule has 2 aliphatic heterocycles. The first-order chi connectivity index (χ1) is 16.4. The van der Waals surface area contributed by atoms with E-state index in [2.05, 4.69) is 5.32 Å². The number of nitrogens with one attached hydrogen (secondary N) is 1. The lowest BCUT2D eigenvalue weighted by molar-refractivity contribution is -0.384. The van der Waals surface area contributed by atoms with Crippen LogP contribution in [0.3, 0.4) is 0 Å². The first kappa shape index (κ1) is 24.3. The molecule has 10 heteroatoms. The number of nitro groups is 1. The van der Waals surface area contributed by atoms with Crippen molar-refractivity contribution < 1.29 is 29.5 Å². The summed E-state index contributed by atoms with van der Waals surface area (Å²) < 4.78 is 0. The highest BCUT2D eigenvalue weighted by atomic mass is 16.6. The number of nitrogens with zero attached hydrogens (tertiary/aromatic N) is 2. The number of carbonyl (C=O) groups excluding carboxylic acids is 2. The second-order valence-corrected chi connectivity index (χ2v) is 9.40.